The van der Waals surface area contributed by atoms with Gasteiger partial charge in [0.25, 0.3) is 10.2 Å². The molecule has 8 nitrogen and oxygen atoms in total. The second-order valence-electron chi connectivity index (χ2n) is 8.15. The van der Waals surface area contributed by atoms with Gasteiger partial charge in [0, 0.05) is 52.2 Å². The van der Waals surface area contributed by atoms with Crippen LogP contribution in [-0.2, 0) is 19.8 Å². The Hall–Kier alpha value is -1.19. The van der Waals surface area contributed by atoms with Crippen molar-refractivity contribution in [3.05, 3.63) is 0 Å². The van der Waals surface area contributed by atoms with Gasteiger partial charge in [0.15, 0.2) is 0 Å². The molecule has 0 aromatic carbocycles. The van der Waals surface area contributed by atoms with E-state index in [1.54, 1.807) is 4.31 Å². The van der Waals surface area contributed by atoms with Gasteiger partial charge in [-0.25, -0.2) is 0 Å². The SMILES string of the molecule is O=C(NCCCN1CCCC1=O)[C@H]1CCCN(S(=O)(=O)N2CCCCCC2)C1. The van der Waals surface area contributed by atoms with E-state index in [4.69, 9.17) is 0 Å². The van der Waals surface area contributed by atoms with Crippen LogP contribution in [0.15, 0.2) is 0 Å². The summed E-state index contributed by atoms with van der Waals surface area (Å²) in [7, 11) is -3.47. The molecule has 0 aromatic rings. The number of carbonyl (C=O) groups is 2. The molecule has 0 unspecified atom stereocenters. The van der Waals surface area contributed by atoms with Gasteiger partial charge in [-0.2, -0.15) is 17.0 Å². The lowest BCUT2D eigenvalue weighted by atomic mass is 9.99. The molecule has 3 aliphatic rings. The van der Waals surface area contributed by atoms with Crippen molar-refractivity contribution in [1.82, 2.24) is 18.8 Å². The molecule has 3 saturated heterocycles. The average molecular weight is 415 g/mol. The van der Waals surface area contributed by atoms with Gasteiger partial charge in [-0.05, 0) is 38.5 Å². The molecule has 3 rings (SSSR count). The van der Waals surface area contributed by atoms with Crippen LogP contribution in [-0.4, -0.2) is 79.6 Å². The number of rotatable bonds is 7. The van der Waals surface area contributed by atoms with Crippen LogP contribution in [0.4, 0.5) is 0 Å². The van der Waals surface area contributed by atoms with Crippen molar-refractivity contribution in [3.63, 3.8) is 0 Å². The number of nitrogens with zero attached hydrogens (tertiary/aromatic N) is 3. The summed E-state index contributed by atoms with van der Waals surface area (Å²) < 4.78 is 29.1. The van der Waals surface area contributed by atoms with E-state index in [9.17, 15) is 18.0 Å². The number of likely N-dealkylation sites (tertiary alicyclic amines) is 1. The van der Waals surface area contributed by atoms with Crippen LogP contribution >= 0.6 is 0 Å². The minimum atomic E-state index is -3.47. The molecule has 9 heteroatoms. The number of amides is 2. The number of hydrogen-bond donors (Lipinski definition) is 1. The topological polar surface area (TPSA) is 90.0 Å². The van der Waals surface area contributed by atoms with Crippen LogP contribution in [0, 0.1) is 5.92 Å². The third-order valence-electron chi connectivity index (χ3n) is 6.05. The Balaban J connectivity index is 1.45. The van der Waals surface area contributed by atoms with Gasteiger partial charge in [0.05, 0.1) is 5.92 Å². The molecule has 1 N–H and O–H groups in total. The lowest BCUT2D eigenvalue weighted by Crippen LogP contribution is -2.50. The van der Waals surface area contributed by atoms with Gasteiger partial charge in [-0.1, -0.05) is 12.8 Å². The summed E-state index contributed by atoms with van der Waals surface area (Å²) in [5.41, 5.74) is 0. The zero-order valence-electron chi connectivity index (χ0n) is 16.8. The van der Waals surface area contributed by atoms with Gasteiger partial charge in [0.2, 0.25) is 11.8 Å². The predicted molar refractivity (Wildman–Crippen MR) is 107 cm³/mol. The highest BCUT2D eigenvalue weighted by Gasteiger charge is 2.35. The van der Waals surface area contributed by atoms with E-state index in [0.29, 0.717) is 45.6 Å². The Kier molecular flexibility index (Phi) is 7.70. The smallest absolute Gasteiger partial charge is 0.281 e. The second kappa shape index (κ2) is 10.0. The third-order valence-corrected chi connectivity index (χ3v) is 8.05. The molecular formula is C19H34N4O4S. The van der Waals surface area contributed by atoms with Crippen LogP contribution in [0.5, 0.6) is 0 Å². The van der Waals surface area contributed by atoms with Crippen LogP contribution in [0.1, 0.15) is 57.8 Å². The fourth-order valence-corrected chi connectivity index (χ4v) is 6.14. The fraction of sp³-hybridized carbons (Fsp3) is 0.895. The highest BCUT2D eigenvalue weighted by Crippen LogP contribution is 2.23. The summed E-state index contributed by atoms with van der Waals surface area (Å²) >= 11 is 0. The molecule has 0 aromatic heterocycles. The second-order valence-corrected chi connectivity index (χ2v) is 10.1. The maximum absolute atomic E-state index is 13.0. The van der Waals surface area contributed by atoms with E-state index in [2.05, 4.69) is 5.32 Å². The normalized spacial score (nSPS) is 25.6. The van der Waals surface area contributed by atoms with Crippen molar-refractivity contribution < 1.29 is 18.0 Å². The molecule has 28 heavy (non-hydrogen) atoms. The van der Waals surface area contributed by atoms with E-state index >= 15 is 0 Å². The van der Waals surface area contributed by atoms with Crippen LogP contribution in [0.2, 0.25) is 0 Å². The first-order valence-electron chi connectivity index (χ1n) is 10.8. The zero-order chi connectivity index (χ0) is 20.0. The number of piperidine rings is 1. The van der Waals surface area contributed by atoms with Gasteiger partial charge in [-0.15, -0.1) is 0 Å². The zero-order valence-corrected chi connectivity index (χ0v) is 17.6. The molecule has 2 amide bonds. The van der Waals surface area contributed by atoms with Crippen molar-refractivity contribution in [1.29, 1.82) is 0 Å². The summed E-state index contributed by atoms with van der Waals surface area (Å²) in [5.74, 6) is -0.152. The van der Waals surface area contributed by atoms with Gasteiger partial charge in [-0.3, -0.25) is 9.59 Å². The first kappa shape index (κ1) is 21.5. The molecule has 0 bridgehead atoms. The van der Waals surface area contributed by atoms with E-state index in [1.807, 2.05) is 4.90 Å². The van der Waals surface area contributed by atoms with Gasteiger partial charge < -0.3 is 10.2 Å². The van der Waals surface area contributed by atoms with Crippen molar-refractivity contribution in [2.45, 2.75) is 57.8 Å². The quantitative estimate of drug-likeness (QED) is 0.628. The van der Waals surface area contributed by atoms with Crippen LogP contribution in [0.3, 0.4) is 0 Å². The number of carbonyl (C=O) groups excluding carboxylic acids is 2. The lowest BCUT2D eigenvalue weighted by molar-refractivity contribution is -0.127. The summed E-state index contributed by atoms with van der Waals surface area (Å²) in [4.78, 5) is 26.0. The Bertz CT molecular complexity index is 646. The van der Waals surface area contributed by atoms with Gasteiger partial charge in [0.1, 0.15) is 0 Å². The van der Waals surface area contributed by atoms with Crippen molar-refractivity contribution >= 4 is 22.0 Å². The van der Waals surface area contributed by atoms with Crippen LogP contribution < -0.4 is 5.32 Å². The predicted octanol–water partition coefficient (Wildman–Crippen LogP) is 0.948. The molecule has 3 fully saturated rings. The highest BCUT2D eigenvalue weighted by molar-refractivity contribution is 7.86. The fourth-order valence-electron chi connectivity index (χ4n) is 4.37. The number of hydrogen-bond acceptors (Lipinski definition) is 4. The summed E-state index contributed by atoms with van der Waals surface area (Å²) in [6.45, 7) is 3.97. The van der Waals surface area contributed by atoms with E-state index in [0.717, 1.165) is 51.5 Å². The highest BCUT2D eigenvalue weighted by atomic mass is 32.2. The Morgan fingerprint density at radius 2 is 1.68 bits per heavy atom. The van der Waals surface area contributed by atoms with E-state index in [-0.39, 0.29) is 24.3 Å². The summed E-state index contributed by atoms with van der Waals surface area (Å²) in [5, 5.41) is 2.94. The lowest BCUT2D eigenvalue weighted by Gasteiger charge is -2.34. The molecule has 0 radical (unpaired) electrons. The maximum atomic E-state index is 13.0. The minimum absolute atomic E-state index is 0.0662. The molecule has 0 aliphatic carbocycles. The van der Waals surface area contributed by atoms with Gasteiger partial charge >= 0.3 is 0 Å². The molecular weight excluding hydrogens is 380 g/mol. The van der Waals surface area contributed by atoms with E-state index in [1.165, 1.54) is 4.31 Å². The van der Waals surface area contributed by atoms with Crippen molar-refractivity contribution in [3.8, 4) is 0 Å². The molecule has 160 valence electrons. The Morgan fingerprint density at radius 1 is 0.964 bits per heavy atom. The number of nitrogens with one attached hydrogen (secondary N) is 1. The summed E-state index contributed by atoms with van der Waals surface area (Å²) in [6.07, 6.45) is 7.73. The van der Waals surface area contributed by atoms with Crippen molar-refractivity contribution in [2.75, 3.05) is 45.8 Å². The van der Waals surface area contributed by atoms with Crippen molar-refractivity contribution in [2.24, 2.45) is 5.92 Å². The standard InChI is InChI=1S/C19H34N4O4S/c24-18-9-6-11-21(18)12-7-10-20-19(25)17-8-5-15-23(16-17)28(26,27)22-13-3-1-2-4-14-22/h17H,1-16H2,(H,20,25)/t17-/m0/s1. The minimum Gasteiger partial charge on any atom is -0.356 e. The molecule has 3 heterocycles. The average Bonchev–Trinajstić information content (AvgIpc) is 2.93. The third kappa shape index (κ3) is 5.45. The Labute approximate surface area is 168 Å². The summed E-state index contributed by atoms with van der Waals surface area (Å²) in [6, 6.07) is 0. The molecule has 0 saturated carbocycles. The molecule has 3 aliphatic heterocycles. The molecule has 0 spiro atoms. The van der Waals surface area contributed by atoms with Crippen LogP contribution in [0.25, 0.3) is 0 Å². The molecule has 1 atom stereocenters. The van der Waals surface area contributed by atoms with E-state index < -0.39 is 10.2 Å². The largest absolute Gasteiger partial charge is 0.356 e. The maximum Gasteiger partial charge on any atom is 0.281 e. The first-order chi connectivity index (χ1) is 13.5. The Morgan fingerprint density at radius 3 is 2.36 bits per heavy atom. The monoisotopic (exact) mass is 414 g/mol. The first-order valence-corrected chi connectivity index (χ1v) is 12.2.